The maximum atomic E-state index is 9.26. The minimum atomic E-state index is -0.428. The second-order valence-electron chi connectivity index (χ2n) is 10.8. The molecule has 42 heavy (non-hydrogen) atoms. The zero-order chi connectivity index (χ0) is 32.8. The maximum absolute atomic E-state index is 9.26. The van der Waals surface area contributed by atoms with Gasteiger partial charge in [0.15, 0.2) is 0 Å². The number of rotatable bonds is 3. The van der Waals surface area contributed by atoms with Crippen LogP contribution in [-0.4, -0.2) is 0 Å². The summed E-state index contributed by atoms with van der Waals surface area (Å²) in [6, 6.07) is 36.0. The van der Waals surface area contributed by atoms with Crippen LogP contribution in [-0.2, 0) is 6.42 Å². The summed E-state index contributed by atoms with van der Waals surface area (Å²) in [6.45, 7) is 0. The van der Waals surface area contributed by atoms with E-state index in [2.05, 4.69) is 91.0 Å². The first-order valence-corrected chi connectivity index (χ1v) is 14.1. The fourth-order valence-electron chi connectivity index (χ4n) is 6.57. The Morgan fingerprint density at radius 2 is 1.19 bits per heavy atom. The number of benzene rings is 8. The van der Waals surface area contributed by atoms with Crippen molar-refractivity contribution in [3.05, 3.63) is 157 Å². The molecule has 0 N–H and O–H groups in total. The molecule has 1 aromatic heterocycles. The van der Waals surface area contributed by atoms with Gasteiger partial charge in [0.25, 0.3) is 0 Å². The Bertz CT molecular complexity index is 2780. The lowest BCUT2D eigenvalue weighted by Gasteiger charge is -2.18. The molecule has 196 valence electrons. The molecular formula is C41H26O. The third kappa shape index (κ3) is 3.50. The monoisotopic (exact) mass is 540 g/mol. The van der Waals surface area contributed by atoms with Crippen molar-refractivity contribution in [1.29, 1.82) is 0 Å². The number of fused-ring (bicyclic) bond motifs is 7. The molecule has 1 nitrogen and oxygen atoms in total. The first-order valence-electron chi connectivity index (χ1n) is 17.1. The average molecular weight is 541 g/mol. The van der Waals surface area contributed by atoms with E-state index in [1.165, 1.54) is 16.3 Å². The van der Waals surface area contributed by atoms with Crippen LogP contribution in [0.25, 0.3) is 76.2 Å². The van der Waals surface area contributed by atoms with E-state index in [4.69, 9.17) is 11.3 Å². The number of furan rings is 1. The fraction of sp³-hybridized carbons (Fsp3) is 0.0244. The maximum Gasteiger partial charge on any atom is 0.136 e. The summed E-state index contributed by atoms with van der Waals surface area (Å²) in [5, 5.41) is 8.02. The van der Waals surface area contributed by atoms with Crippen LogP contribution in [0, 0.1) is 0 Å². The van der Waals surface area contributed by atoms with Gasteiger partial charge in [0.1, 0.15) is 11.2 Å². The predicted octanol–water partition coefficient (Wildman–Crippen LogP) is 11.5. The van der Waals surface area contributed by atoms with Crippen LogP contribution in [0.4, 0.5) is 0 Å². The topological polar surface area (TPSA) is 13.1 Å². The highest BCUT2D eigenvalue weighted by Gasteiger charge is 2.18. The summed E-state index contributed by atoms with van der Waals surface area (Å²) in [4.78, 5) is 0. The third-order valence-electron chi connectivity index (χ3n) is 8.43. The van der Waals surface area contributed by atoms with E-state index in [9.17, 15) is 1.37 Å². The summed E-state index contributed by atoms with van der Waals surface area (Å²) in [6.07, 6.45) is 0.516. The molecule has 0 fully saturated rings. The highest BCUT2D eigenvalue weighted by Crippen LogP contribution is 2.42. The molecule has 1 heteroatoms. The van der Waals surface area contributed by atoms with Crippen LogP contribution in [0.15, 0.2) is 150 Å². The van der Waals surface area contributed by atoms with Gasteiger partial charge >= 0.3 is 0 Å². The Kier molecular flexibility index (Phi) is 3.91. The number of hydrogen-bond donors (Lipinski definition) is 0. The first kappa shape index (κ1) is 18.1. The quantitative estimate of drug-likeness (QED) is 0.203. The van der Waals surface area contributed by atoms with E-state index in [0.717, 1.165) is 38.2 Å². The van der Waals surface area contributed by atoms with Gasteiger partial charge in [-0.25, -0.2) is 0 Å². The van der Waals surface area contributed by atoms with Crippen LogP contribution >= 0.6 is 0 Å². The van der Waals surface area contributed by atoms with Crippen LogP contribution in [0.5, 0.6) is 0 Å². The molecule has 0 unspecified atom stereocenters. The third-order valence-corrected chi connectivity index (χ3v) is 8.43. The second-order valence-corrected chi connectivity index (χ2v) is 10.8. The Balaban J connectivity index is 1.34. The standard InChI is InChI=1S/C41H26O/c1-2-11-27-22-31(21-20-26(27)10-1)40-34-17-7-5-15-32(34)36(33-16-6-8-18-35(33)40)24-30-14-9-19-38-41(30)37-23-28-12-3-4-13-29(28)25-39(37)42-38/h1-23,25H,24H2/i3D,4D,12D,13D,23D,25D. The highest BCUT2D eigenvalue weighted by molar-refractivity contribution is 6.16. The lowest BCUT2D eigenvalue weighted by molar-refractivity contribution is 0.669. The van der Waals surface area contributed by atoms with E-state index >= 15 is 0 Å². The van der Waals surface area contributed by atoms with Gasteiger partial charge in [-0.3, -0.25) is 0 Å². The van der Waals surface area contributed by atoms with Crippen LogP contribution in [0.2, 0.25) is 0 Å². The predicted molar refractivity (Wildman–Crippen MR) is 178 cm³/mol. The Morgan fingerprint density at radius 3 is 1.95 bits per heavy atom. The zero-order valence-corrected chi connectivity index (χ0v) is 22.5. The molecule has 0 aliphatic carbocycles. The van der Waals surface area contributed by atoms with E-state index in [0.29, 0.717) is 22.8 Å². The molecule has 0 amide bonds. The smallest absolute Gasteiger partial charge is 0.136 e. The molecule has 0 saturated heterocycles. The van der Waals surface area contributed by atoms with Crippen molar-refractivity contribution < 1.29 is 12.6 Å². The van der Waals surface area contributed by atoms with Gasteiger partial charge in [-0.05, 0) is 96.0 Å². The molecule has 0 bridgehead atoms. The summed E-state index contributed by atoms with van der Waals surface area (Å²) < 4.78 is 58.1. The first-order chi connectivity index (χ1) is 23.3. The zero-order valence-electron chi connectivity index (χ0n) is 28.5. The van der Waals surface area contributed by atoms with Crippen molar-refractivity contribution in [3.8, 4) is 11.1 Å². The van der Waals surface area contributed by atoms with Gasteiger partial charge in [0.05, 0.1) is 8.22 Å². The van der Waals surface area contributed by atoms with Crippen LogP contribution in [0.3, 0.4) is 0 Å². The van der Waals surface area contributed by atoms with Crippen molar-refractivity contribution in [3.63, 3.8) is 0 Å². The summed E-state index contributed by atoms with van der Waals surface area (Å²) in [7, 11) is 0. The Morgan fingerprint density at radius 1 is 0.524 bits per heavy atom. The van der Waals surface area contributed by atoms with Crippen LogP contribution in [0.1, 0.15) is 19.4 Å². The molecule has 0 radical (unpaired) electrons. The fourth-order valence-corrected chi connectivity index (χ4v) is 6.57. The van der Waals surface area contributed by atoms with Gasteiger partial charge in [-0.2, -0.15) is 0 Å². The minimum Gasteiger partial charge on any atom is -0.456 e. The summed E-state index contributed by atoms with van der Waals surface area (Å²) in [5.74, 6) is 0. The summed E-state index contributed by atoms with van der Waals surface area (Å²) >= 11 is 0. The van der Waals surface area contributed by atoms with E-state index in [1.54, 1.807) is 0 Å². The molecule has 0 atom stereocenters. The normalized spacial score (nSPS) is 13.9. The van der Waals surface area contributed by atoms with Crippen LogP contribution < -0.4 is 0 Å². The van der Waals surface area contributed by atoms with E-state index in [1.807, 2.05) is 18.2 Å². The number of hydrogen-bond acceptors (Lipinski definition) is 1. The molecule has 0 aliphatic rings. The molecule has 9 aromatic rings. The largest absolute Gasteiger partial charge is 0.456 e. The van der Waals surface area contributed by atoms with Crippen molar-refractivity contribution in [2.24, 2.45) is 0 Å². The molecule has 0 aliphatic heterocycles. The molecular weight excluding hydrogens is 508 g/mol. The average Bonchev–Trinajstić information content (AvgIpc) is 3.52. The van der Waals surface area contributed by atoms with Gasteiger partial charge in [0.2, 0.25) is 0 Å². The van der Waals surface area contributed by atoms with Gasteiger partial charge in [-0.1, -0.05) is 121 Å². The second kappa shape index (κ2) is 9.06. The van der Waals surface area contributed by atoms with Crippen molar-refractivity contribution in [2.45, 2.75) is 6.42 Å². The molecule has 0 spiro atoms. The molecule has 9 rings (SSSR count). The van der Waals surface area contributed by atoms with E-state index < -0.39 is 12.1 Å². The molecule has 1 heterocycles. The van der Waals surface area contributed by atoms with Gasteiger partial charge in [0, 0.05) is 10.8 Å². The Hall–Kier alpha value is -5.40. The van der Waals surface area contributed by atoms with Gasteiger partial charge in [-0.15, -0.1) is 0 Å². The lowest BCUT2D eigenvalue weighted by atomic mass is 9.85. The van der Waals surface area contributed by atoms with Crippen molar-refractivity contribution in [1.82, 2.24) is 0 Å². The van der Waals surface area contributed by atoms with Gasteiger partial charge < -0.3 is 4.42 Å². The lowest BCUT2D eigenvalue weighted by Crippen LogP contribution is -1.96. The Labute approximate surface area is 251 Å². The minimum absolute atomic E-state index is 0.000346. The van der Waals surface area contributed by atoms with Crippen molar-refractivity contribution >= 4 is 65.0 Å². The summed E-state index contributed by atoms with van der Waals surface area (Å²) in [5.41, 5.74) is 5.03. The SMILES string of the molecule is [2H]c1c([2H])c([2H])c2c([2H])c3c(oc4cccc(Cc5c6ccccc6c(-c6ccc7ccccc7c6)c6ccccc56)c43)c([2H])c2c1[2H]. The van der Waals surface area contributed by atoms with Crippen molar-refractivity contribution in [2.75, 3.05) is 0 Å². The highest BCUT2D eigenvalue weighted by atomic mass is 16.3. The molecule has 8 aromatic carbocycles. The molecule has 0 saturated carbocycles. The van der Waals surface area contributed by atoms with E-state index in [-0.39, 0.29) is 40.5 Å².